The average molecular weight is 512 g/mol. The first-order valence-electron chi connectivity index (χ1n) is 12.4. The number of carbonyl (C=O) groups excluding carboxylic acids is 1. The van der Waals surface area contributed by atoms with Crippen molar-refractivity contribution in [1.82, 2.24) is 0 Å². The second-order valence-corrected chi connectivity index (χ2v) is 9.36. The maximum absolute atomic E-state index is 14.1. The van der Waals surface area contributed by atoms with Crippen LogP contribution in [0.3, 0.4) is 0 Å². The van der Waals surface area contributed by atoms with Crippen LogP contribution in [0.25, 0.3) is 22.1 Å². The highest BCUT2D eigenvalue weighted by molar-refractivity contribution is 5.92. The fourth-order valence-electron chi connectivity index (χ4n) is 4.56. The number of hydrogen-bond donors (Lipinski definition) is 1. The molecule has 0 aliphatic rings. The lowest BCUT2D eigenvalue weighted by Crippen LogP contribution is -2.23. The van der Waals surface area contributed by atoms with Gasteiger partial charge < -0.3 is 9.73 Å². The SMILES string of the molecule is CCC(CCCCc1ccc(-c2cc(C)c3occc3c2)cc1)C(=O)Nc1ccc(C(F)(F)F)cc1F. The molecule has 1 heterocycles. The molecule has 7 heteroatoms. The first-order chi connectivity index (χ1) is 17.7. The zero-order valence-corrected chi connectivity index (χ0v) is 20.8. The van der Waals surface area contributed by atoms with E-state index in [1.807, 2.05) is 19.9 Å². The van der Waals surface area contributed by atoms with E-state index in [1.54, 1.807) is 6.26 Å². The number of benzene rings is 3. The molecule has 194 valence electrons. The molecule has 0 aliphatic heterocycles. The molecule has 0 saturated heterocycles. The lowest BCUT2D eigenvalue weighted by molar-refractivity contribution is -0.137. The van der Waals surface area contributed by atoms with E-state index in [0.29, 0.717) is 18.9 Å². The van der Waals surface area contributed by atoms with E-state index < -0.39 is 17.6 Å². The Bertz CT molecular complexity index is 1370. The monoisotopic (exact) mass is 511 g/mol. The molecule has 4 rings (SSSR count). The summed E-state index contributed by atoms with van der Waals surface area (Å²) in [5, 5.41) is 3.52. The van der Waals surface area contributed by atoms with E-state index >= 15 is 0 Å². The second kappa shape index (κ2) is 11.2. The van der Waals surface area contributed by atoms with Crippen LogP contribution in [0.4, 0.5) is 23.2 Å². The summed E-state index contributed by atoms with van der Waals surface area (Å²) < 4.78 is 57.8. The molecule has 4 aromatic rings. The van der Waals surface area contributed by atoms with Crippen LogP contribution in [-0.2, 0) is 17.4 Å². The number of aryl methyl sites for hydroxylation is 2. The fourth-order valence-corrected chi connectivity index (χ4v) is 4.56. The standard InChI is InChI=1S/C30H29F4NO2/c1-3-21(29(36)35-27-13-12-25(18-26(27)31)30(32,33)34)7-5-4-6-20-8-10-22(11-9-20)24-16-19(2)28-23(17-24)14-15-37-28/h8-18,21H,3-7H2,1-2H3,(H,35,36). The summed E-state index contributed by atoms with van der Waals surface area (Å²) in [6, 6.07) is 16.8. The minimum Gasteiger partial charge on any atom is -0.464 e. The first-order valence-corrected chi connectivity index (χ1v) is 12.4. The number of carbonyl (C=O) groups is 1. The Morgan fingerprint density at radius 1 is 0.973 bits per heavy atom. The van der Waals surface area contributed by atoms with Gasteiger partial charge in [0, 0.05) is 11.3 Å². The van der Waals surface area contributed by atoms with Gasteiger partial charge in [-0.25, -0.2) is 4.39 Å². The van der Waals surface area contributed by atoms with E-state index in [0.717, 1.165) is 59.1 Å². The van der Waals surface area contributed by atoms with E-state index in [-0.39, 0.29) is 17.5 Å². The van der Waals surface area contributed by atoms with Crippen molar-refractivity contribution in [3.63, 3.8) is 0 Å². The van der Waals surface area contributed by atoms with Crippen LogP contribution < -0.4 is 5.32 Å². The molecule has 1 atom stereocenters. The largest absolute Gasteiger partial charge is 0.464 e. The molecule has 0 bridgehead atoms. The van der Waals surface area contributed by atoms with Crippen molar-refractivity contribution in [3.8, 4) is 11.1 Å². The summed E-state index contributed by atoms with van der Waals surface area (Å²) in [4.78, 5) is 12.6. The molecule has 0 fully saturated rings. The summed E-state index contributed by atoms with van der Waals surface area (Å²) in [5.74, 6) is -1.82. The normalized spacial score (nSPS) is 12.6. The van der Waals surface area contributed by atoms with Gasteiger partial charge in [0.2, 0.25) is 5.91 Å². The van der Waals surface area contributed by atoms with Crippen molar-refractivity contribution in [3.05, 3.63) is 89.4 Å². The predicted molar refractivity (Wildman–Crippen MR) is 138 cm³/mol. The maximum Gasteiger partial charge on any atom is 0.416 e. The van der Waals surface area contributed by atoms with Crippen molar-refractivity contribution in [2.75, 3.05) is 5.32 Å². The number of furan rings is 1. The molecule has 0 spiro atoms. The quantitative estimate of drug-likeness (QED) is 0.180. The topological polar surface area (TPSA) is 42.2 Å². The molecule has 0 aliphatic carbocycles. The van der Waals surface area contributed by atoms with Crippen LogP contribution in [0.2, 0.25) is 0 Å². The molecule has 1 unspecified atom stereocenters. The van der Waals surface area contributed by atoms with Crippen molar-refractivity contribution in [2.45, 2.75) is 52.1 Å². The predicted octanol–water partition coefficient (Wildman–Crippen LogP) is 8.94. The van der Waals surface area contributed by atoms with Gasteiger partial charge in [0.15, 0.2) is 0 Å². The molecule has 0 radical (unpaired) electrons. The zero-order valence-electron chi connectivity index (χ0n) is 20.8. The third-order valence-corrected chi connectivity index (χ3v) is 6.71. The zero-order chi connectivity index (χ0) is 26.6. The summed E-state index contributed by atoms with van der Waals surface area (Å²) in [5.41, 5.74) is 4.15. The van der Waals surface area contributed by atoms with Crippen molar-refractivity contribution in [2.24, 2.45) is 5.92 Å². The van der Waals surface area contributed by atoms with Crippen LogP contribution in [-0.4, -0.2) is 5.91 Å². The van der Waals surface area contributed by atoms with Crippen molar-refractivity contribution < 1.29 is 26.8 Å². The van der Waals surface area contributed by atoms with E-state index in [1.165, 1.54) is 5.56 Å². The molecule has 1 N–H and O–H groups in total. The van der Waals surface area contributed by atoms with Gasteiger partial charge >= 0.3 is 6.18 Å². The summed E-state index contributed by atoms with van der Waals surface area (Å²) in [7, 11) is 0. The highest BCUT2D eigenvalue weighted by Crippen LogP contribution is 2.32. The van der Waals surface area contributed by atoms with Crippen molar-refractivity contribution in [1.29, 1.82) is 0 Å². The Kier molecular flexibility index (Phi) is 8.00. The molecule has 37 heavy (non-hydrogen) atoms. The third kappa shape index (κ3) is 6.40. The highest BCUT2D eigenvalue weighted by atomic mass is 19.4. The lowest BCUT2D eigenvalue weighted by Gasteiger charge is -2.16. The summed E-state index contributed by atoms with van der Waals surface area (Å²) >= 11 is 0. The van der Waals surface area contributed by atoms with Gasteiger partial charge in [-0.15, -0.1) is 0 Å². The first kappa shape index (κ1) is 26.5. The van der Waals surface area contributed by atoms with Crippen LogP contribution in [0.15, 0.2) is 71.3 Å². The fraction of sp³-hybridized carbons (Fsp3) is 0.300. The van der Waals surface area contributed by atoms with E-state index in [2.05, 4.69) is 41.7 Å². The molecular weight excluding hydrogens is 482 g/mol. The van der Waals surface area contributed by atoms with Gasteiger partial charge in [-0.3, -0.25) is 4.79 Å². The summed E-state index contributed by atoms with van der Waals surface area (Å²) in [6.07, 6.45) is 0.798. The Labute approximate surface area is 213 Å². The number of anilines is 1. The minimum absolute atomic E-state index is 0.237. The van der Waals surface area contributed by atoms with Crippen LogP contribution in [0.5, 0.6) is 0 Å². The molecule has 0 saturated carbocycles. The third-order valence-electron chi connectivity index (χ3n) is 6.71. The summed E-state index contributed by atoms with van der Waals surface area (Å²) in [6.45, 7) is 3.90. The number of unbranched alkanes of at least 4 members (excludes halogenated alkanes) is 1. The van der Waals surface area contributed by atoms with Crippen LogP contribution in [0.1, 0.15) is 49.3 Å². The Morgan fingerprint density at radius 3 is 2.41 bits per heavy atom. The number of alkyl halides is 3. The Morgan fingerprint density at radius 2 is 1.73 bits per heavy atom. The van der Waals surface area contributed by atoms with Crippen molar-refractivity contribution >= 4 is 22.6 Å². The van der Waals surface area contributed by atoms with Gasteiger partial charge in [0.1, 0.15) is 11.4 Å². The van der Waals surface area contributed by atoms with Gasteiger partial charge in [-0.05, 0) is 91.3 Å². The van der Waals surface area contributed by atoms with Gasteiger partial charge in [-0.1, -0.05) is 37.6 Å². The smallest absolute Gasteiger partial charge is 0.416 e. The second-order valence-electron chi connectivity index (χ2n) is 9.36. The highest BCUT2D eigenvalue weighted by Gasteiger charge is 2.31. The molecular formula is C30H29F4NO2. The van der Waals surface area contributed by atoms with Crippen LogP contribution >= 0.6 is 0 Å². The van der Waals surface area contributed by atoms with E-state index in [9.17, 15) is 22.4 Å². The minimum atomic E-state index is -4.64. The number of fused-ring (bicyclic) bond motifs is 1. The Balaban J connectivity index is 1.28. The number of nitrogens with one attached hydrogen (secondary N) is 1. The molecule has 3 nitrogen and oxygen atoms in total. The molecule has 3 aromatic carbocycles. The number of halogens is 4. The maximum atomic E-state index is 14.1. The number of rotatable bonds is 9. The van der Waals surface area contributed by atoms with Gasteiger partial charge in [0.25, 0.3) is 0 Å². The van der Waals surface area contributed by atoms with E-state index in [4.69, 9.17) is 4.42 Å². The van der Waals surface area contributed by atoms with Gasteiger partial charge in [-0.2, -0.15) is 13.2 Å². The van der Waals surface area contributed by atoms with Crippen LogP contribution in [0, 0.1) is 18.7 Å². The average Bonchev–Trinajstić information content (AvgIpc) is 3.34. The lowest BCUT2D eigenvalue weighted by atomic mass is 9.95. The molecule has 1 amide bonds. The number of amides is 1. The number of hydrogen-bond acceptors (Lipinski definition) is 2. The Hall–Kier alpha value is -3.61. The van der Waals surface area contributed by atoms with Gasteiger partial charge in [0.05, 0.1) is 17.5 Å². The molecule has 1 aromatic heterocycles.